The molecule has 6 heteroatoms. The standard InChI is InChI=1S/C17H14N2O4/c1-23-16(21)12-6-4-5-11(9-12)10-19-14-8-3-2-7-13(14)15(20)18-17(19)22/h2-9H,10H2,1H3,(H,18,20,22). The van der Waals surface area contributed by atoms with Crippen LogP contribution in [-0.2, 0) is 11.3 Å². The lowest BCUT2D eigenvalue weighted by molar-refractivity contribution is 0.0600. The van der Waals surface area contributed by atoms with Crippen molar-refractivity contribution in [2.45, 2.75) is 6.54 Å². The molecule has 2 aromatic carbocycles. The first kappa shape index (κ1) is 14.8. The Hall–Kier alpha value is -3.15. The normalized spacial score (nSPS) is 10.7. The number of esters is 1. The smallest absolute Gasteiger partial charge is 0.337 e. The highest BCUT2D eigenvalue weighted by Gasteiger charge is 2.09. The van der Waals surface area contributed by atoms with E-state index in [0.29, 0.717) is 16.5 Å². The third-order valence-corrected chi connectivity index (χ3v) is 3.59. The van der Waals surface area contributed by atoms with E-state index in [-0.39, 0.29) is 6.54 Å². The molecule has 116 valence electrons. The Morgan fingerprint density at radius 3 is 2.70 bits per heavy atom. The monoisotopic (exact) mass is 310 g/mol. The van der Waals surface area contributed by atoms with Crippen LogP contribution in [0.2, 0.25) is 0 Å². The van der Waals surface area contributed by atoms with E-state index in [1.807, 2.05) is 0 Å². The molecule has 0 aliphatic rings. The van der Waals surface area contributed by atoms with Crippen LogP contribution in [-0.4, -0.2) is 22.6 Å². The average Bonchev–Trinajstić information content (AvgIpc) is 2.58. The Morgan fingerprint density at radius 1 is 1.13 bits per heavy atom. The van der Waals surface area contributed by atoms with Crippen LogP contribution in [0, 0.1) is 0 Å². The van der Waals surface area contributed by atoms with Crippen LogP contribution in [0.25, 0.3) is 10.9 Å². The molecule has 0 aliphatic heterocycles. The lowest BCUT2D eigenvalue weighted by atomic mass is 10.1. The summed E-state index contributed by atoms with van der Waals surface area (Å²) in [6, 6.07) is 13.7. The fourth-order valence-electron chi connectivity index (χ4n) is 2.50. The van der Waals surface area contributed by atoms with Crippen molar-refractivity contribution in [2.24, 2.45) is 0 Å². The third-order valence-electron chi connectivity index (χ3n) is 3.59. The van der Waals surface area contributed by atoms with Crippen molar-refractivity contribution >= 4 is 16.9 Å². The van der Waals surface area contributed by atoms with E-state index in [0.717, 1.165) is 5.56 Å². The first-order chi connectivity index (χ1) is 11.1. The summed E-state index contributed by atoms with van der Waals surface area (Å²) >= 11 is 0. The van der Waals surface area contributed by atoms with Crippen LogP contribution < -0.4 is 11.2 Å². The van der Waals surface area contributed by atoms with Crippen LogP contribution in [0.15, 0.2) is 58.1 Å². The Balaban J connectivity index is 2.11. The number of hydrogen-bond acceptors (Lipinski definition) is 4. The topological polar surface area (TPSA) is 81.2 Å². The van der Waals surface area contributed by atoms with Gasteiger partial charge in [0, 0.05) is 0 Å². The minimum Gasteiger partial charge on any atom is -0.465 e. The van der Waals surface area contributed by atoms with Gasteiger partial charge in [-0.15, -0.1) is 0 Å². The molecule has 0 saturated heterocycles. The molecule has 0 radical (unpaired) electrons. The Kier molecular flexibility index (Phi) is 3.80. The van der Waals surface area contributed by atoms with E-state index < -0.39 is 17.2 Å². The fraction of sp³-hybridized carbons (Fsp3) is 0.118. The molecular weight excluding hydrogens is 296 g/mol. The van der Waals surface area contributed by atoms with Gasteiger partial charge in [0.05, 0.1) is 30.1 Å². The minimum absolute atomic E-state index is 0.237. The zero-order chi connectivity index (χ0) is 16.4. The second kappa shape index (κ2) is 5.92. The van der Waals surface area contributed by atoms with Gasteiger partial charge in [-0.05, 0) is 29.8 Å². The number of H-pyrrole nitrogens is 1. The summed E-state index contributed by atoms with van der Waals surface area (Å²) in [7, 11) is 1.31. The minimum atomic E-state index is -0.489. The summed E-state index contributed by atoms with van der Waals surface area (Å²) in [6.07, 6.45) is 0. The maximum absolute atomic E-state index is 12.1. The van der Waals surface area contributed by atoms with Crippen molar-refractivity contribution in [1.82, 2.24) is 9.55 Å². The summed E-state index contributed by atoms with van der Waals surface area (Å²) in [6.45, 7) is 0.237. The molecule has 0 unspecified atom stereocenters. The van der Waals surface area contributed by atoms with Gasteiger partial charge in [0.2, 0.25) is 0 Å². The molecule has 0 aliphatic carbocycles. The predicted octanol–water partition coefficient (Wildman–Crippen LogP) is 1.52. The summed E-state index contributed by atoms with van der Waals surface area (Å²) in [5.41, 5.74) is 0.811. The van der Waals surface area contributed by atoms with E-state index in [1.165, 1.54) is 11.7 Å². The molecular formula is C17H14N2O4. The average molecular weight is 310 g/mol. The van der Waals surface area contributed by atoms with Crippen molar-refractivity contribution < 1.29 is 9.53 Å². The number of rotatable bonds is 3. The lowest BCUT2D eigenvalue weighted by Gasteiger charge is -2.10. The molecule has 0 atom stereocenters. The molecule has 0 saturated carbocycles. The first-order valence-corrected chi connectivity index (χ1v) is 6.99. The fourth-order valence-corrected chi connectivity index (χ4v) is 2.50. The first-order valence-electron chi connectivity index (χ1n) is 6.99. The molecule has 1 aromatic heterocycles. The maximum atomic E-state index is 12.1. The lowest BCUT2D eigenvalue weighted by Crippen LogP contribution is -2.30. The van der Waals surface area contributed by atoms with Crippen LogP contribution in [0.1, 0.15) is 15.9 Å². The van der Waals surface area contributed by atoms with E-state index >= 15 is 0 Å². The number of para-hydroxylation sites is 1. The zero-order valence-corrected chi connectivity index (χ0v) is 12.4. The van der Waals surface area contributed by atoms with Gasteiger partial charge in [-0.2, -0.15) is 0 Å². The Morgan fingerprint density at radius 2 is 1.91 bits per heavy atom. The quantitative estimate of drug-likeness (QED) is 0.744. The molecule has 6 nitrogen and oxygen atoms in total. The van der Waals surface area contributed by atoms with Gasteiger partial charge >= 0.3 is 11.7 Å². The van der Waals surface area contributed by atoms with Crippen LogP contribution in [0.4, 0.5) is 0 Å². The van der Waals surface area contributed by atoms with Crippen molar-refractivity contribution in [3.05, 3.63) is 80.5 Å². The van der Waals surface area contributed by atoms with Crippen molar-refractivity contribution in [1.29, 1.82) is 0 Å². The number of methoxy groups -OCH3 is 1. The van der Waals surface area contributed by atoms with Crippen molar-refractivity contribution in [2.75, 3.05) is 7.11 Å². The number of fused-ring (bicyclic) bond motifs is 1. The number of nitrogens with zero attached hydrogens (tertiary/aromatic N) is 1. The van der Waals surface area contributed by atoms with Crippen LogP contribution in [0.5, 0.6) is 0 Å². The second-order valence-electron chi connectivity index (χ2n) is 5.05. The summed E-state index contributed by atoms with van der Waals surface area (Å²) in [5, 5.41) is 0.441. The molecule has 0 amide bonds. The van der Waals surface area contributed by atoms with Gasteiger partial charge in [-0.1, -0.05) is 24.3 Å². The van der Waals surface area contributed by atoms with Gasteiger partial charge in [0.25, 0.3) is 5.56 Å². The molecule has 0 fully saturated rings. The third kappa shape index (κ3) is 2.78. The van der Waals surface area contributed by atoms with Gasteiger partial charge in [-0.3, -0.25) is 14.3 Å². The number of aromatic nitrogens is 2. The number of benzene rings is 2. The van der Waals surface area contributed by atoms with Gasteiger partial charge in [-0.25, -0.2) is 9.59 Å². The second-order valence-corrected chi connectivity index (χ2v) is 5.05. The van der Waals surface area contributed by atoms with Gasteiger partial charge in [0.1, 0.15) is 0 Å². The number of aromatic amines is 1. The molecule has 23 heavy (non-hydrogen) atoms. The number of carbonyl (C=O) groups is 1. The van der Waals surface area contributed by atoms with Gasteiger partial charge < -0.3 is 4.74 Å². The molecule has 1 N–H and O–H groups in total. The number of nitrogens with one attached hydrogen (secondary N) is 1. The van der Waals surface area contributed by atoms with Gasteiger partial charge in [0.15, 0.2) is 0 Å². The SMILES string of the molecule is COC(=O)c1cccc(Cn2c(=O)[nH]c(=O)c3ccccc32)c1. The Bertz CT molecular complexity index is 1000. The van der Waals surface area contributed by atoms with Crippen LogP contribution in [0.3, 0.4) is 0 Å². The summed E-state index contributed by atoms with van der Waals surface area (Å²) in [4.78, 5) is 37.9. The van der Waals surface area contributed by atoms with Crippen LogP contribution >= 0.6 is 0 Å². The molecule has 1 heterocycles. The highest BCUT2D eigenvalue weighted by molar-refractivity contribution is 5.89. The van der Waals surface area contributed by atoms with E-state index in [9.17, 15) is 14.4 Å². The number of ether oxygens (including phenoxy) is 1. The number of carbonyl (C=O) groups excluding carboxylic acids is 1. The zero-order valence-electron chi connectivity index (χ0n) is 12.4. The molecule has 3 rings (SSSR count). The number of hydrogen-bond donors (Lipinski definition) is 1. The van der Waals surface area contributed by atoms with E-state index in [1.54, 1.807) is 48.5 Å². The maximum Gasteiger partial charge on any atom is 0.337 e. The predicted molar refractivity (Wildman–Crippen MR) is 85.7 cm³/mol. The molecule has 3 aromatic rings. The molecule has 0 spiro atoms. The summed E-state index contributed by atoms with van der Waals surface area (Å²) < 4.78 is 6.16. The van der Waals surface area contributed by atoms with Crippen molar-refractivity contribution in [3.8, 4) is 0 Å². The van der Waals surface area contributed by atoms with Crippen molar-refractivity contribution in [3.63, 3.8) is 0 Å². The van der Waals surface area contributed by atoms with E-state index in [4.69, 9.17) is 4.74 Å². The highest BCUT2D eigenvalue weighted by Crippen LogP contribution is 2.11. The van der Waals surface area contributed by atoms with E-state index in [2.05, 4.69) is 4.98 Å². The molecule has 0 bridgehead atoms. The Labute approximate surface area is 131 Å². The highest BCUT2D eigenvalue weighted by atomic mass is 16.5. The summed E-state index contributed by atoms with van der Waals surface area (Å²) in [5.74, 6) is -0.439. The largest absolute Gasteiger partial charge is 0.465 e.